The molecule has 0 atom stereocenters. The molecule has 4 nitrogen and oxygen atoms in total. The Morgan fingerprint density at radius 3 is 2.93 bits per heavy atom. The van der Waals surface area contributed by atoms with Crippen molar-refractivity contribution >= 4 is 6.08 Å². The van der Waals surface area contributed by atoms with Crippen LogP contribution in [0.3, 0.4) is 0 Å². The summed E-state index contributed by atoms with van der Waals surface area (Å²) in [5.41, 5.74) is 0.822. The summed E-state index contributed by atoms with van der Waals surface area (Å²) >= 11 is 0. The van der Waals surface area contributed by atoms with Gasteiger partial charge in [0.15, 0.2) is 0 Å². The maximum Gasteiger partial charge on any atom is 0.235 e. The highest BCUT2D eigenvalue weighted by Gasteiger charge is 2.46. The van der Waals surface area contributed by atoms with E-state index < -0.39 is 0 Å². The quantitative estimate of drug-likeness (QED) is 0.535. The Morgan fingerprint density at radius 1 is 1.57 bits per heavy atom. The maximum absolute atomic E-state index is 10.3. The SMILES string of the molecule is O=C=NC1(c2cnn(C3CC3)c2)CC1. The second-order valence-corrected chi connectivity index (χ2v) is 4.17. The fourth-order valence-electron chi connectivity index (χ4n) is 1.79. The smallest absolute Gasteiger partial charge is 0.235 e. The summed E-state index contributed by atoms with van der Waals surface area (Å²) in [5, 5.41) is 4.29. The van der Waals surface area contributed by atoms with Gasteiger partial charge < -0.3 is 0 Å². The van der Waals surface area contributed by atoms with Gasteiger partial charge in [-0.1, -0.05) is 0 Å². The van der Waals surface area contributed by atoms with Crippen molar-refractivity contribution in [2.75, 3.05) is 0 Å². The molecule has 0 bridgehead atoms. The van der Waals surface area contributed by atoms with Crippen LogP contribution in [0, 0.1) is 0 Å². The van der Waals surface area contributed by atoms with E-state index in [4.69, 9.17) is 0 Å². The summed E-state index contributed by atoms with van der Waals surface area (Å²) in [6.45, 7) is 0. The zero-order valence-electron chi connectivity index (χ0n) is 7.81. The molecule has 1 heterocycles. The van der Waals surface area contributed by atoms with Gasteiger partial charge in [-0.3, -0.25) is 4.68 Å². The third kappa shape index (κ3) is 1.11. The van der Waals surface area contributed by atoms with E-state index in [1.165, 1.54) is 12.8 Å². The molecule has 2 aliphatic carbocycles. The number of nitrogens with zero attached hydrogens (tertiary/aromatic N) is 3. The number of hydrogen-bond donors (Lipinski definition) is 0. The van der Waals surface area contributed by atoms with E-state index in [0.29, 0.717) is 6.04 Å². The molecule has 72 valence electrons. The molecule has 2 aliphatic rings. The molecule has 2 fully saturated rings. The van der Waals surface area contributed by atoms with Crippen molar-refractivity contribution in [3.8, 4) is 0 Å². The Balaban J connectivity index is 1.92. The van der Waals surface area contributed by atoms with E-state index >= 15 is 0 Å². The number of rotatable bonds is 3. The molecule has 0 radical (unpaired) electrons. The van der Waals surface area contributed by atoms with Crippen LogP contribution in [0.25, 0.3) is 0 Å². The van der Waals surface area contributed by atoms with Gasteiger partial charge in [-0.05, 0) is 25.7 Å². The molecule has 1 aromatic heterocycles. The van der Waals surface area contributed by atoms with E-state index in [1.807, 2.05) is 17.1 Å². The zero-order chi connectivity index (χ0) is 9.60. The normalized spacial score (nSPS) is 22.9. The summed E-state index contributed by atoms with van der Waals surface area (Å²) in [6, 6.07) is 0.597. The third-order valence-corrected chi connectivity index (χ3v) is 3.04. The van der Waals surface area contributed by atoms with Crippen molar-refractivity contribution in [2.24, 2.45) is 4.99 Å². The molecule has 14 heavy (non-hydrogen) atoms. The number of aromatic nitrogens is 2. The predicted octanol–water partition coefficient (Wildman–Crippen LogP) is 1.54. The van der Waals surface area contributed by atoms with Crippen LogP contribution < -0.4 is 0 Å². The van der Waals surface area contributed by atoms with Gasteiger partial charge in [-0.15, -0.1) is 0 Å². The van der Waals surface area contributed by atoms with Gasteiger partial charge in [0.1, 0.15) is 5.54 Å². The predicted molar refractivity (Wildman–Crippen MR) is 49.5 cm³/mol. The Kier molecular flexibility index (Phi) is 1.45. The van der Waals surface area contributed by atoms with Crippen molar-refractivity contribution in [1.29, 1.82) is 0 Å². The van der Waals surface area contributed by atoms with E-state index in [9.17, 15) is 4.79 Å². The van der Waals surface area contributed by atoms with Crippen LogP contribution in [0.4, 0.5) is 0 Å². The van der Waals surface area contributed by atoms with Crippen LogP contribution in [0.5, 0.6) is 0 Å². The van der Waals surface area contributed by atoms with Gasteiger partial charge in [0.25, 0.3) is 0 Å². The van der Waals surface area contributed by atoms with E-state index in [1.54, 1.807) is 6.08 Å². The summed E-state index contributed by atoms with van der Waals surface area (Å²) in [4.78, 5) is 14.1. The fraction of sp³-hybridized carbons (Fsp3) is 0.600. The average Bonchev–Trinajstić information content (AvgIpc) is 3.10. The molecule has 0 saturated heterocycles. The van der Waals surface area contributed by atoms with Gasteiger partial charge in [0.2, 0.25) is 6.08 Å². The molecular weight excluding hydrogens is 178 g/mol. The summed E-state index contributed by atoms with van der Waals surface area (Å²) in [7, 11) is 0. The van der Waals surface area contributed by atoms with Crippen molar-refractivity contribution in [3.63, 3.8) is 0 Å². The molecule has 3 rings (SSSR count). The summed E-state index contributed by atoms with van der Waals surface area (Å²) in [5.74, 6) is 0. The van der Waals surface area contributed by atoms with Gasteiger partial charge in [0.05, 0.1) is 12.2 Å². The average molecular weight is 189 g/mol. The molecule has 0 spiro atoms. The minimum atomic E-state index is -0.255. The lowest BCUT2D eigenvalue weighted by molar-refractivity contribution is 0.556. The highest BCUT2D eigenvalue weighted by molar-refractivity contribution is 5.40. The second kappa shape index (κ2) is 2.55. The van der Waals surface area contributed by atoms with Gasteiger partial charge in [-0.25, -0.2) is 4.79 Å². The second-order valence-electron chi connectivity index (χ2n) is 4.17. The molecule has 4 heteroatoms. The lowest BCUT2D eigenvalue weighted by atomic mass is 10.1. The maximum atomic E-state index is 10.3. The van der Waals surface area contributed by atoms with Crippen LogP contribution in [0.2, 0.25) is 0 Å². The standard InChI is InChI=1S/C10H11N3O/c14-7-11-10(3-4-10)8-5-12-13(6-8)9-1-2-9/h5-6,9H,1-4H2. The van der Waals surface area contributed by atoms with Crippen molar-refractivity contribution in [3.05, 3.63) is 18.0 Å². The Morgan fingerprint density at radius 2 is 2.36 bits per heavy atom. The third-order valence-electron chi connectivity index (χ3n) is 3.04. The van der Waals surface area contributed by atoms with Crippen LogP contribution in [0.15, 0.2) is 17.4 Å². The highest BCUT2D eigenvalue weighted by atomic mass is 16.1. The van der Waals surface area contributed by atoms with E-state index in [2.05, 4.69) is 10.1 Å². The first-order valence-electron chi connectivity index (χ1n) is 4.98. The van der Waals surface area contributed by atoms with Gasteiger partial charge >= 0.3 is 0 Å². The first-order valence-corrected chi connectivity index (χ1v) is 4.98. The van der Waals surface area contributed by atoms with E-state index in [0.717, 1.165) is 18.4 Å². The number of hydrogen-bond acceptors (Lipinski definition) is 3. The lowest BCUT2D eigenvalue weighted by Crippen LogP contribution is -2.00. The minimum Gasteiger partial charge on any atom is -0.269 e. The van der Waals surface area contributed by atoms with Crippen molar-refractivity contribution in [1.82, 2.24) is 9.78 Å². The van der Waals surface area contributed by atoms with Crippen LogP contribution in [0.1, 0.15) is 37.3 Å². The number of carbonyl (C=O) groups excluding carboxylic acids is 1. The lowest BCUT2D eigenvalue weighted by Gasteiger charge is -2.01. The molecule has 2 saturated carbocycles. The fourth-order valence-corrected chi connectivity index (χ4v) is 1.79. The first kappa shape index (κ1) is 7.94. The molecule has 0 aromatic carbocycles. The molecule has 0 unspecified atom stereocenters. The molecule has 1 aromatic rings. The summed E-state index contributed by atoms with van der Waals surface area (Å²) < 4.78 is 2.00. The Bertz CT molecular complexity index is 409. The molecule has 0 aliphatic heterocycles. The van der Waals surface area contributed by atoms with Crippen molar-refractivity contribution < 1.29 is 4.79 Å². The highest BCUT2D eigenvalue weighted by Crippen LogP contribution is 2.49. The number of isocyanates is 1. The number of aliphatic imine (C=N–C) groups is 1. The van der Waals surface area contributed by atoms with Gasteiger partial charge in [-0.2, -0.15) is 10.1 Å². The first-order chi connectivity index (χ1) is 6.84. The monoisotopic (exact) mass is 189 g/mol. The van der Waals surface area contributed by atoms with Crippen LogP contribution in [-0.2, 0) is 10.3 Å². The summed E-state index contributed by atoms with van der Waals surface area (Å²) in [6.07, 6.45) is 9.90. The molecule has 0 amide bonds. The van der Waals surface area contributed by atoms with Gasteiger partial charge in [0, 0.05) is 11.8 Å². The Hall–Kier alpha value is -1.41. The van der Waals surface area contributed by atoms with Crippen LogP contribution >= 0.6 is 0 Å². The molecular formula is C10H11N3O. The van der Waals surface area contributed by atoms with Crippen molar-refractivity contribution in [2.45, 2.75) is 37.3 Å². The topological polar surface area (TPSA) is 47.2 Å². The van der Waals surface area contributed by atoms with Crippen LogP contribution in [-0.4, -0.2) is 15.9 Å². The molecule has 0 N–H and O–H groups in total. The van der Waals surface area contributed by atoms with E-state index in [-0.39, 0.29) is 5.54 Å². The minimum absolute atomic E-state index is 0.255. The largest absolute Gasteiger partial charge is 0.269 e. The zero-order valence-corrected chi connectivity index (χ0v) is 7.81. The Labute approximate surface area is 81.6 Å².